The van der Waals surface area contributed by atoms with Crippen molar-refractivity contribution in [1.29, 1.82) is 0 Å². The van der Waals surface area contributed by atoms with E-state index < -0.39 is 0 Å². The van der Waals surface area contributed by atoms with Crippen LogP contribution < -0.4 is 0 Å². The van der Waals surface area contributed by atoms with Gasteiger partial charge in [0, 0.05) is 5.92 Å². The van der Waals surface area contributed by atoms with Gasteiger partial charge in [0.25, 0.3) is 0 Å². The highest BCUT2D eigenvalue weighted by Crippen LogP contribution is 2.44. The van der Waals surface area contributed by atoms with Crippen LogP contribution in [0.2, 0.25) is 0 Å². The maximum absolute atomic E-state index is 2.40. The van der Waals surface area contributed by atoms with Crippen molar-refractivity contribution < 1.29 is 0 Å². The molecule has 0 saturated carbocycles. The van der Waals surface area contributed by atoms with Crippen LogP contribution >= 0.6 is 0 Å². The Bertz CT molecular complexity index is 605. The zero-order valence-electron chi connectivity index (χ0n) is 11.7. The average molecular weight is 248 g/mol. The zero-order valence-corrected chi connectivity index (χ0v) is 11.7. The molecule has 0 heteroatoms. The standard InChI is InChI=1S/C19H20/c1-3-14-13-16-11-8-12-18(19(16)17(14)4-2)15-9-6-5-7-10-15/h5-13,17H,3-4H2,1-2H3. The van der Waals surface area contributed by atoms with Crippen molar-refractivity contribution in [3.05, 3.63) is 65.2 Å². The molecule has 0 fully saturated rings. The molecule has 0 bridgehead atoms. The van der Waals surface area contributed by atoms with Gasteiger partial charge in [-0.3, -0.25) is 0 Å². The van der Waals surface area contributed by atoms with Crippen LogP contribution in [0.3, 0.4) is 0 Å². The van der Waals surface area contributed by atoms with E-state index in [0.29, 0.717) is 5.92 Å². The third-order valence-electron chi connectivity index (χ3n) is 4.18. The van der Waals surface area contributed by atoms with E-state index in [4.69, 9.17) is 0 Å². The highest BCUT2D eigenvalue weighted by atomic mass is 14.3. The molecule has 2 aromatic carbocycles. The van der Waals surface area contributed by atoms with Gasteiger partial charge >= 0.3 is 0 Å². The highest BCUT2D eigenvalue weighted by molar-refractivity contribution is 5.78. The third-order valence-corrected chi connectivity index (χ3v) is 4.18. The Labute approximate surface area is 115 Å². The van der Waals surface area contributed by atoms with Crippen LogP contribution in [0.25, 0.3) is 17.2 Å². The number of fused-ring (bicyclic) bond motifs is 1. The molecule has 0 radical (unpaired) electrons. The molecule has 0 N–H and O–H groups in total. The van der Waals surface area contributed by atoms with Gasteiger partial charge in [0.1, 0.15) is 0 Å². The maximum atomic E-state index is 2.40. The first-order valence-electron chi connectivity index (χ1n) is 7.24. The van der Waals surface area contributed by atoms with Gasteiger partial charge in [0.05, 0.1) is 0 Å². The van der Waals surface area contributed by atoms with Gasteiger partial charge in [0.2, 0.25) is 0 Å². The second-order valence-electron chi connectivity index (χ2n) is 5.21. The molecule has 0 heterocycles. The van der Waals surface area contributed by atoms with Crippen LogP contribution in [0.1, 0.15) is 43.7 Å². The van der Waals surface area contributed by atoms with Crippen LogP contribution in [0.4, 0.5) is 0 Å². The van der Waals surface area contributed by atoms with Crippen molar-refractivity contribution >= 4 is 6.08 Å². The number of benzene rings is 2. The Balaban J connectivity index is 2.16. The molecule has 19 heavy (non-hydrogen) atoms. The summed E-state index contributed by atoms with van der Waals surface area (Å²) >= 11 is 0. The molecule has 1 aliphatic carbocycles. The molecule has 0 aliphatic heterocycles. The Morgan fingerprint density at radius 1 is 0.895 bits per heavy atom. The summed E-state index contributed by atoms with van der Waals surface area (Å²) in [7, 11) is 0. The molecule has 0 saturated heterocycles. The smallest absolute Gasteiger partial charge is 0.00608 e. The molecular formula is C19H20. The van der Waals surface area contributed by atoms with E-state index >= 15 is 0 Å². The lowest BCUT2D eigenvalue weighted by Gasteiger charge is -2.18. The summed E-state index contributed by atoms with van der Waals surface area (Å²) in [4.78, 5) is 0. The van der Waals surface area contributed by atoms with Gasteiger partial charge in [0.15, 0.2) is 0 Å². The first-order valence-corrected chi connectivity index (χ1v) is 7.24. The molecule has 1 aliphatic rings. The predicted molar refractivity (Wildman–Crippen MR) is 83.2 cm³/mol. The fraction of sp³-hybridized carbons (Fsp3) is 0.263. The SMILES string of the molecule is CCC1=Cc2cccc(-c3ccccc3)c2C1CC. The first-order chi connectivity index (χ1) is 9.35. The average Bonchev–Trinajstić information content (AvgIpc) is 2.85. The quantitative estimate of drug-likeness (QED) is 0.658. The lowest BCUT2D eigenvalue weighted by molar-refractivity contribution is 0.750. The van der Waals surface area contributed by atoms with Crippen molar-refractivity contribution in [1.82, 2.24) is 0 Å². The number of hydrogen-bond acceptors (Lipinski definition) is 0. The number of hydrogen-bond donors (Lipinski definition) is 0. The maximum Gasteiger partial charge on any atom is 0.00608 e. The van der Waals surface area contributed by atoms with E-state index in [-0.39, 0.29) is 0 Å². The molecule has 0 amide bonds. The van der Waals surface area contributed by atoms with Crippen LogP contribution in [0, 0.1) is 0 Å². The van der Waals surface area contributed by atoms with Crippen molar-refractivity contribution in [3.8, 4) is 11.1 Å². The van der Waals surface area contributed by atoms with E-state index in [1.54, 1.807) is 5.57 Å². The van der Waals surface area contributed by atoms with E-state index in [1.165, 1.54) is 28.7 Å². The molecule has 0 spiro atoms. The van der Waals surface area contributed by atoms with Crippen molar-refractivity contribution in [2.45, 2.75) is 32.6 Å². The minimum absolute atomic E-state index is 0.608. The van der Waals surface area contributed by atoms with Gasteiger partial charge in [-0.1, -0.05) is 74.0 Å². The molecule has 2 aromatic rings. The normalized spacial score (nSPS) is 17.2. The van der Waals surface area contributed by atoms with E-state index in [0.717, 1.165) is 6.42 Å². The van der Waals surface area contributed by atoms with Gasteiger partial charge < -0.3 is 0 Å². The van der Waals surface area contributed by atoms with E-state index in [9.17, 15) is 0 Å². The van der Waals surface area contributed by atoms with Gasteiger partial charge in [-0.2, -0.15) is 0 Å². The molecule has 1 atom stereocenters. The molecule has 0 nitrogen and oxygen atoms in total. The zero-order chi connectivity index (χ0) is 13.2. The second kappa shape index (κ2) is 5.05. The van der Waals surface area contributed by atoms with Crippen LogP contribution in [-0.4, -0.2) is 0 Å². The second-order valence-corrected chi connectivity index (χ2v) is 5.21. The van der Waals surface area contributed by atoms with Crippen molar-refractivity contribution in [2.75, 3.05) is 0 Å². The summed E-state index contributed by atoms with van der Waals surface area (Å²) in [5, 5.41) is 0. The largest absolute Gasteiger partial charge is 0.0645 e. The van der Waals surface area contributed by atoms with Crippen LogP contribution in [0.5, 0.6) is 0 Å². The summed E-state index contributed by atoms with van der Waals surface area (Å²) in [6, 6.07) is 17.5. The summed E-state index contributed by atoms with van der Waals surface area (Å²) in [6.07, 6.45) is 4.74. The number of rotatable bonds is 3. The predicted octanol–water partition coefficient (Wildman–Crippen LogP) is 5.65. The Kier molecular flexibility index (Phi) is 3.25. The highest BCUT2D eigenvalue weighted by Gasteiger charge is 2.25. The van der Waals surface area contributed by atoms with Gasteiger partial charge in [-0.05, 0) is 35.1 Å². The summed E-state index contributed by atoms with van der Waals surface area (Å²) in [6.45, 7) is 4.56. The van der Waals surface area contributed by atoms with Crippen LogP contribution in [0.15, 0.2) is 54.1 Å². The third kappa shape index (κ3) is 2.02. The minimum Gasteiger partial charge on any atom is -0.0645 e. The molecule has 3 rings (SSSR count). The Hall–Kier alpha value is -1.82. The van der Waals surface area contributed by atoms with Crippen LogP contribution in [-0.2, 0) is 0 Å². The topological polar surface area (TPSA) is 0 Å². The fourth-order valence-corrected chi connectivity index (χ4v) is 3.27. The first kappa shape index (κ1) is 12.2. The summed E-state index contributed by atoms with van der Waals surface area (Å²) in [5.74, 6) is 0.608. The lowest BCUT2D eigenvalue weighted by atomic mass is 9.86. The minimum atomic E-state index is 0.608. The van der Waals surface area contributed by atoms with Gasteiger partial charge in [-0.25, -0.2) is 0 Å². The lowest BCUT2D eigenvalue weighted by Crippen LogP contribution is -1.99. The van der Waals surface area contributed by atoms with E-state index in [2.05, 4.69) is 68.5 Å². The molecule has 0 aromatic heterocycles. The summed E-state index contributed by atoms with van der Waals surface area (Å²) in [5.41, 5.74) is 7.28. The molecule has 96 valence electrons. The number of allylic oxidation sites excluding steroid dienone is 1. The fourth-order valence-electron chi connectivity index (χ4n) is 3.27. The Morgan fingerprint density at radius 3 is 2.37 bits per heavy atom. The van der Waals surface area contributed by atoms with Crippen molar-refractivity contribution in [3.63, 3.8) is 0 Å². The molecular weight excluding hydrogens is 228 g/mol. The monoisotopic (exact) mass is 248 g/mol. The van der Waals surface area contributed by atoms with E-state index in [1.807, 2.05) is 0 Å². The van der Waals surface area contributed by atoms with Gasteiger partial charge in [-0.15, -0.1) is 0 Å². The Morgan fingerprint density at radius 2 is 1.68 bits per heavy atom. The summed E-state index contributed by atoms with van der Waals surface area (Å²) < 4.78 is 0. The van der Waals surface area contributed by atoms with Crippen molar-refractivity contribution in [2.24, 2.45) is 0 Å². The molecule has 1 unspecified atom stereocenters.